The number of carbonyl (C=O) groups excluding carboxylic acids is 2. The van der Waals surface area contributed by atoms with E-state index in [1.165, 1.54) is 24.2 Å². The molecule has 1 saturated heterocycles. The Labute approximate surface area is 204 Å². The van der Waals surface area contributed by atoms with Crippen LogP contribution in [0.2, 0.25) is 0 Å². The van der Waals surface area contributed by atoms with Crippen molar-refractivity contribution in [3.8, 4) is 0 Å². The lowest BCUT2D eigenvalue weighted by Gasteiger charge is -2.27. The van der Waals surface area contributed by atoms with Gasteiger partial charge in [-0.2, -0.15) is 5.10 Å². The number of carbonyl (C=O) groups is 2. The fourth-order valence-electron chi connectivity index (χ4n) is 4.27. The van der Waals surface area contributed by atoms with E-state index in [1.807, 2.05) is 44.2 Å². The maximum absolute atomic E-state index is 14.8. The Morgan fingerprint density at radius 3 is 2.51 bits per heavy atom. The number of halogens is 2. The molecule has 2 aromatic rings. The second kappa shape index (κ2) is 11.7. The van der Waals surface area contributed by atoms with Crippen molar-refractivity contribution in [2.75, 3.05) is 13.6 Å². The molecule has 35 heavy (non-hydrogen) atoms. The van der Waals surface area contributed by atoms with Crippen LogP contribution in [0.1, 0.15) is 55.3 Å². The first kappa shape index (κ1) is 26.0. The number of likely N-dealkylation sites (tertiary alicyclic amines) is 1. The molecule has 3 N–H and O–H groups in total. The summed E-state index contributed by atoms with van der Waals surface area (Å²) >= 11 is 0. The number of amides is 2. The summed E-state index contributed by atoms with van der Waals surface area (Å²) in [6.07, 6.45) is -0.326. The zero-order valence-corrected chi connectivity index (χ0v) is 20.1. The molecular formula is C26H31F2N5O2. The molecule has 0 unspecified atom stereocenters. The molecule has 1 aliphatic rings. The van der Waals surface area contributed by atoms with Crippen LogP contribution in [0, 0.1) is 5.82 Å². The number of hydrogen-bond donors (Lipinski definition) is 2. The summed E-state index contributed by atoms with van der Waals surface area (Å²) in [6, 6.07) is 12.3. The molecule has 0 radical (unpaired) electrons. The molecule has 0 aliphatic carbocycles. The third-order valence-electron chi connectivity index (χ3n) is 6.05. The average Bonchev–Trinajstić information content (AvgIpc) is 3.24. The SMILES string of the molecule is CN=CC(CC(=O)N1C[C@H](F)C[C@H]1C(=O)N[C@@H](c1ccccc1)c1ccc(C(C)C)c(F)c1)=NN. The zero-order valence-electron chi connectivity index (χ0n) is 20.1. The minimum Gasteiger partial charge on any atom is -0.343 e. The Morgan fingerprint density at radius 2 is 1.91 bits per heavy atom. The van der Waals surface area contributed by atoms with Crippen molar-refractivity contribution in [2.45, 2.75) is 50.9 Å². The van der Waals surface area contributed by atoms with E-state index < -0.39 is 30.1 Å². The van der Waals surface area contributed by atoms with E-state index in [1.54, 1.807) is 12.1 Å². The van der Waals surface area contributed by atoms with E-state index in [4.69, 9.17) is 5.84 Å². The predicted octanol–water partition coefficient (Wildman–Crippen LogP) is 3.50. The Balaban J connectivity index is 1.87. The van der Waals surface area contributed by atoms with E-state index in [2.05, 4.69) is 15.4 Å². The molecule has 186 valence electrons. The number of rotatable bonds is 8. The van der Waals surface area contributed by atoms with Gasteiger partial charge >= 0.3 is 0 Å². The van der Waals surface area contributed by atoms with Gasteiger partial charge in [0.2, 0.25) is 11.8 Å². The second-order valence-corrected chi connectivity index (χ2v) is 8.87. The van der Waals surface area contributed by atoms with Crippen molar-refractivity contribution in [2.24, 2.45) is 15.9 Å². The van der Waals surface area contributed by atoms with Crippen LogP contribution in [0.3, 0.4) is 0 Å². The van der Waals surface area contributed by atoms with Gasteiger partial charge in [-0.3, -0.25) is 14.6 Å². The highest BCUT2D eigenvalue weighted by Gasteiger charge is 2.40. The summed E-state index contributed by atoms with van der Waals surface area (Å²) in [5.41, 5.74) is 2.09. The van der Waals surface area contributed by atoms with Crippen LogP contribution < -0.4 is 11.2 Å². The summed E-state index contributed by atoms with van der Waals surface area (Å²) in [5.74, 6) is 3.96. The average molecular weight is 484 g/mol. The highest BCUT2D eigenvalue weighted by molar-refractivity contribution is 6.34. The Bertz CT molecular complexity index is 1100. The Hall–Kier alpha value is -3.62. The van der Waals surface area contributed by atoms with Gasteiger partial charge in [0, 0.05) is 19.7 Å². The van der Waals surface area contributed by atoms with Gasteiger partial charge in [0.1, 0.15) is 18.0 Å². The number of nitrogens with two attached hydrogens (primary N) is 1. The number of hydrogen-bond acceptors (Lipinski definition) is 5. The van der Waals surface area contributed by atoms with Crippen LogP contribution in [0.25, 0.3) is 0 Å². The number of aliphatic imine (C=N–C) groups is 1. The zero-order chi connectivity index (χ0) is 25.5. The molecule has 0 spiro atoms. The number of benzene rings is 2. The van der Waals surface area contributed by atoms with Gasteiger partial charge in [-0.15, -0.1) is 0 Å². The van der Waals surface area contributed by atoms with E-state index >= 15 is 0 Å². The largest absolute Gasteiger partial charge is 0.343 e. The molecule has 1 aliphatic heterocycles. The number of hydrazone groups is 1. The van der Waals surface area contributed by atoms with Crippen LogP contribution in [0.4, 0.5) is 8.78 Å². The Morgan fingerprint density at radius 1 is 1.20 bits per heavy atom. The third-order valence-corrected chi connectivity index (χ3v) is 6.05. The summed E-state index contributed by atoms with van der Waals surface area (Å²) < 4.78 is 29.2. The highest BCUT2D eigenvalue weighted by atomic mass is 19.1. The summed E-state index contributed by atoms with van der Waals surface area (Å²) in [4.78, 5) is 31.2. The molecule has 3 atom stereocenters. The first-order valence-electron chi connectivity index (χ1n) is 11.5. The number of alkyl halides is 1. The first-order chi connectivity index (χ1) is 16.7. The second-order valence-electron chi connectivity index (χ2n) is 8.87. The molecule has 2 aromatic carbocycles. The monoisotopic (exact) mass is 483 g/mol. The van der Waals surface area contributed by atoms with Crippen molar-refractivity contribution in [3.63, 3.8) is 0 Å². The molecule has 0 aromatic heterocycles. The lowest BCUT2D eigenvalue weighted by Crippen LogP contribution is -2.47. The normalized spacial score (nSPS) is 19.4. The summed E-state index contributed by atoms with van der Waals surface area (Å²) in [6.45, 7) is 3.60. The van der Waals surface area contributed by atoms with Crippen molar-refractivity contribution in [1.29, 1.82) is 0 Å². The smallest absolute Gasteiger partial charge is 0.243 e. The fourth-order valence-corrected chi connectivity index (χ4v) is 4.27. The maximum atomic E-state index is 14.8. The number of nitrogens with zero attached hydrogens (tertiary/aromatic N) is 3. The minimum absolute atomic E-state index is 0.00747. The van der Waals surface area contributed by atoms with E-state index in [0.717, 1.165) is 5.56 Å². The third kappa shape index (κ3) is 6.29. The molecule has 9 heteroatoms. The lowest BCUT2D eigenvalue weighted by atomic mass is 9.94. The molecule has 1 fully saturated rings. The van der Waals surface area contributed by atoms with Gasteiger partial charge in [0.25, 0.3) is 0 Å². The quantitative estimate of drug-likeness (QED) is 0.341. The van der Waals surface area contributed by atoms with Crippen molar-refractivity contribution >= 4 is 23.7 Å². The molecule has 7 nitrogen and oxygen atoms in total. The highest BCUT2D eigenvalue weighted by Crippen LogP contribution is 2.28. The van der Waals surface area contributed by atoms with E-state index in [9.17, 15) is 18.4 Å². The van der Waals surface area contributed by atoms with Crippen molar-refractivity contribution < 1.29 is 18.4 Å². The van der Waals surface area contributed by atoms with Gasteiger partial charge in [0.05, 0.1) is 24.7 Å². The minimum atomic E-state index is -1.34. The van der Waals surface area contributed by atoms with Crippen molar-refractivity contribution in [3.05, 3.63) is 71.0 Å². The lowest BCUT2D eigenvalue weighted by molar-refractivity contribution is -0.137. The summed E-state index contributed by atoms with van der Waals surface area (Å²) in [5, 5.41) is 6.44. The molecule has 0 bridgehead atoms. The fraction of sp³-hybridized carbons (Fsp3) is 0.385. The van der Waals surface area contributed by atoms with Crippen molar-refractivity contribution in [1.82, 2.24) is 10.2 Å². The molecule has 2 amide bonds. The first-order valence-corrected chi connectivity index (χ1v) is 11.5. The van der Waals surface area contributed by atoms with Crippen LogP contribution in [-0.4, -0.2) is 54.4 Å². The topological polar surface area (TPSA) is 100 Å². The van der Waals surface area contributed by atoms with Gasteiger partial charge in [-0.25, -0.2) is 8.78 Å². The molecule has 3 rings (SSSR count). The van der Waals surface area contributed by atoms with Gasteiger partial charge in [-0.05, 0) is 28.7 Å². The Kier molecular flexibility index (Phi) is 8.68. The van der Waals surface area contributed by atoms with Gasteiger partial charge in [-0.1, -0.05) is 56.3 Å². The molecular weight excluding hydrogens is 452 g/mol. The summed E-state index contributed by atoms with van der Waals surface area (Å²) in [7, 11) is 1.51. The molecule has 0 saturated carbocycles. The van der Waals surface area contributed by atoms with Crippen LogP contribution in [0.5, 0.6) is 0 Å². The number of nitrogens with one attached hydrogen (secondary N) is 1. The van der Waals surface area contributed by atoms with E-state index in [0.29, 0.717) is 11.1 Å². The van der Waals surface area contributed by atoms with Crippen LogP contribution >= 0.6 is 0 Å². The van der Waals surface area contributed by atoms with Crippen LogP contribution in [-0.2, 0) is 9.59 Å². The molecule has 1 heterocycles. The standard InChI is InChI=1S/C26H31F2N5O2/c1-16(2)21-10-9-18(11-22(21)28)25(17-7-5-4-6-8-17)31-26(35)23-12-19(27)15-33(23)24(34)13-20(32-29)14-30-3/h4-11,14,16,19,23,25H,12-13,15,29H2,1-3H3,(H,31,35)/t19-,23+,25+/m1/s1. The van der Waals surface area contributed by atoms with Gasteiger partial charge < -0.3 is 16.1 Å². The van der Waals surface area contributed by atoms with E-state index in [-0.39, 0.29) is 36.8 Å². The van der Waals surface area contributed by atoms with Crippen LogP contribution in [0.15, 0.2) is 58.6 Å². The predicted molar refractivity (Wildman–Crippen MR) is 133 cm³/mol. The maximum Gasteiger partial charge on any atom is 0.243 e. The van der Waals surface area contributed by atoms with Gasteiger partial charge in [0.15, 0.2) is 0 Å².